The summed E-state index contributed by atoms with van der Waals surface area (Å²) in [6.45, 7) is 0.360. The van der Waals surface area contributed by atoms with E-state index in [-0.39, 0.29) is 11.7 Å². The van der Waals surface area contributed by atoms with Crippen LogP contribution in [0.25, 0.3) is 21.7 Å². The maximum Gasteiger partial charge on any atom is 0.272 e. The van der Waals surface area contributed by atoms with Crippen LogP contribution in [-0.2, 0) is 6.54 Å². The van der Waals surface area contributed by atoms with Gasteiger partial charge < -0.3 is 30.8 Å². The number of hydrogen-bond donors (Lipinski definition) is 4. The van der Waals surface area contributed by atoms with Crippen molar-refractivity contribution >= 4 is 44.8 Å². The Balaban J connectivity index is 1.47. The number of aromatic nitrogens is 1. The molecule has 208 valence electrons. The minimum absolute atomic E-state index is 0.0461. The molecule has 1 aromatic heterocycles. The average molecular weight is 556 g/mol. The summed E-state index contributed by atoms with van der Waals surface area (Å²) in [4.78, 5) is 13.7. The summed E-state index contributed by atoms with van der Waals surface area (Å²) in [5.74, 6) is 1.55. The number of para-hydroxylation sites is 2. The quantitative estimate of drug-likeness (QED) is 0.0937. The highest BCUT2D eigenvalue weighted by molar-refractivity contribution is 6.07. The molecular formula is C34H29N5O3. The fraction of sp³-hybridized carbons (Fsp3) is 0.0588. The van der Waals surface area contributed by atoms with Gasteiger partial charge in [-0.3, -0.25) is 10.2 Å². The van der Waals surface area contributed by atoms with Crippen LogP contribution in [0, 0.1) is 5.41 Å². The van der Waals surface area contributed by atoms with Gasteiger partial charge in [0.2, 0.25) is 0 Å². The third-order valence-corrected chi connectivity index (χ3v) is 7.16. The lowest BCUT2D eigenvalue weighted by atomic mass is 10.0. The van der Waals surface area contributed by atoms with E-state index >= 15 is 0 Å². The third kappa shape index (κ3) is 5.21. The van der Waals surface area contributed by atoms with Crippen molar-refractivity contribution in [3.63, 3.8) is 0 Å². The highest BCUT2D eigenvalue weighted by Crippen LogP contribution is 2.35. The minimum atomic E-state index is -0.272. The fourth-order valence-electron chi connectivity index (χ4n) is 5.09. The molecule has 8 heteroatoms. The topological polar surface area (TPSA) is 128 Å². The fourth-order valence-corrected chi connectivity index (χ4v) is 5.09. The Morgan fingerprint density at radius 2 is 1.60 bits per heavy atom. The van der Waals surface area contributed by atoms with Crippen LogP contribution in [0.5, 0.6) is 17.2 Å². The summed E-state index contributed by atoms with van der Waals surface area (Å²) >= 11 is 0. The molecule has 0 spiro atoms. The summed E-state index contributed by atoms with van der Waals surface area (Å²) in [6, 6.07) is 33.9. The first-order chi connectivity index (χ1) is 20.4. The summed E-state index contributed by atoms with van der Waals surface area (Å²) in [5, 5.41) is 13.8. The van der Waals surface area contributed by atoms with Crippen LogP contribution in [0.15, 0.2) is 109 Å². The van der Waals surface area contributed by atoms with E-state index in [1.165, 1.54) is 0 Å². The lowest BCUT2D eigenvalue weighted by Gasteiger charge is -2.16. The Morgan fingerprint density at radius 1 is 0.857 bits per heavy atom. The zero-order chi connectivity index (χ0) is 29.2. The number of ether oxygens (including phenoxy) is 2. The average Bonchev–Trinajstić information content (AvgIpc) is 3.36. The van der Waals surface area contributed by atoms with E-state index in [0.29, 0.717) is 46.4 Å². The molecule has 0 aliphatic carbocycles. The number of carbonyl (C=O) groups excluding carboxylic acids is 1. The molecule has 1 amide bonds. The van der Waals surface area contributed by atoms with Crippen molar-refractivity contribution in [2.24, 2.45) is 5.73 Å². The van der Waals surface area contributed by atoms with Gasteiger partial charge in [-0.1, -0.05) is 48.5 Å². The summed E-state index contributed by atoms with van der Waals surface area (Å²) in [5.41, 5.74) is 15.7. The number of nitrogens with zero attached hydrogens (tertiary/aromatic N) is 1. The van der Waals surface area contributed by atoms with E-state index < -0.39 is 0 Å². The van der Waals surface area contributed by atoms with E-state index in [2.05, 4.69) is 11.4 Å². The maximum atomic E-state index is 13.7. The second-order valence-electron chi connectivity index (χ2n) is 9.94. The van der Waals surface area contributed by atoms with Crippen molar-refractivity contribution in [1.82, 2.24) is 4.57 Å². The van der Waals surface area contributed by atoms with Crippen molar-refractivity contribution in [2.45, 2.75) is 6.54 Å². The highest BCUT2D eigenvalue weighted by Gasteiger charge is 2.19. The van der Waals surface area contributed by atoms with Gasteiger partial charge in [0.05, 0.1) is 7.11 Å². The number of methoxy groups -OCH3 is 1. The van der Waals surface area contributed by atoms with E-state index in [1.54, 1.807) is 37.4 Å². The number of nitrogens with one attached hydrogen (secondary N) is 2. The van der Waals surface area contributed by atoms with Crippen molar-refractivity contribution in [2.75, 3.05) is 18.2 Å². The Kier molecular flexibility index (Phi) is 6.94. The number of carbonyl (C=O) groups is 1. The van der Waals surface area contributed by atoms with Crippen LogP contribution in [-0.4, -0.2) is 23.4 Å². The zero-order valence-electron chi connectivity index (χ0n) is 22.9. The molecule has 0 radical (unpaired) electrons. The van der Waals surface area contributed by atoms with Crippen molar-refractivity contribution in [1.29, 1.82) is 5.41 Å². The second-order valence-corrected chi connectivity index (χ2v) is 9.94. The van der Waals surface area contributed by atoms with Crippen LogP contribution in [0.2, 0.25) is 0 Å². The smallest absolute Gasteiger partial charge is 0.272 e. The highest BCUT2D eigenvalue weighted by atomic mass is 16.5. The first-order valence-electron chi connectivity index (χ1n) is 13.4. The monoisotopic (exact) mass is 555 g/mol. The van der Waals surface area contributed by atoms with E-state index in [0.717, 1.165) is 27.2 Å². The number of nitrogens with two attached hydrogens (primary N) is 2. The number of rotatable bonds is 8. The molecule has 0 unspecified atom stereocenters. The van der Waals surface area contributed by atoms with E-state index in [4.69, 9.17) is 26.4 Å². The first-order valence-corrected chi connectivity index (χ1v) is 13.4. The van der Waals surface area contributed by atoms with Crippen LogP contribution >= 0.6 is 0 Å². The molecule has 0 saturated heterocycles. The third-order valence-electron chi connectivity index (χ3n) is 7.16. The predicted octanol–water partition coefficient (Wildman–Crippen LogP) is 6.76. The number of fused-ring (bicyclic) bond motifs is 2. The summed E-state index contributed by atoms with van der Waals surface area (Å²) in [6.07, 6.45) is 0. The van der Waals surface area contributed by atoms with Gasteiger partial charge in [0, 0.05) is 34.4 Å². The molecule has 6 aromatic rings. The molecule has 1 heterocycles. The molecule has 8 nitrogen and oxygen atoms in total. The standard InChI is InChI=1S/C34H29N5O3/c1-41-31-8-4-5-9-32(31)42-27-16-21-6-2-3-7-28(21)24(17-27)20-39-29-19-23(33(36)37)11-10-22(29)18-30(39)34(40)38-26-14-12-25(35)13-15-26/h2-19H,20,35H2,1H3,(H3,36,37)(H,38,40). The van der Waals surface area contributed by atoms with Crippen LogP contribution in [0.1, 0.15) is 21.6 Å². The predicted molar refractivity (Wildman–Crippen MR) is 168 cm³/mol. The number of amidine groups is 1. The van der Waals surface area contributed by atoms with Gasteiger partial charge in [0.15, 0.2) is 11.5 Å². The number of benzene rings is 5. The van der Waals surface area contributed by atoms with Crippen LogP contribution < -0.4 is 26.3 Å². The zero-order valence-corrected chi connectivity index (χ0v) is 22.9. The lowest BCUT2D eigenvalue weighted by Crippen LogP contribution is -2.18. The molecule has 0 fully saturated rings. The molecule has 6 rings (SSSR count). The van der Waals surface area contributed by atoms with E-state index in [1.807, 2.05) is 77.4 Å². The van der Waals surface area contributed by atoms with Gasteiger partial charge in [0.1, 0.15) is 17.3 Å². The number of amides is 1. The Labute approximate surface area is 242 Å². The molecule has 0 aliphatic rings. The Morgan fingerprint density at radius 3 is 2.36 bits per heavy atom. The van der Waals surface area contributed by atoms with Crippen molar-refractivity contribution in [3.05, 3.63) is 126 Å². The van der Waals surface area contributed by atoms with Crippen molar-refractivity contribution in [3.8, 4) is 17.2 Å². The molecule has 6 N–H and O–H groups in total. The number of anilines is 2. The van der Waals surface area contributed by atoms with Gasteiger partial charge in [-0.2, -0.15) is 0 Å². The number of hydrogen-bond acceptors (Lipinski definition) is 5. The van der Waals surface area contributed by atoms with Crippen LogP contribution in [0.3, 0.4) is 0 Å². The van der Waals surface area contributed by atoms with Gasteiger partial charge >= 0.3 is 0 Å². The molecule has 0 aliphatic heterocycles. The van der Waals surface area contributed by atoms with Gasteiger partial charge in [-0.05, 0) is 77.0 Å². The van der Waals surface area contributed by atoms with Crippen molar-refractivity contribution < 1.29 is 14.3 Å². The molecule has 0 saturated carbocycles. The Hall–Kier alpha value is -5.76. The first kappa shape index (κ1) is 26.5. The largest absolute Gasteiger partial charge is 0.493 e. The Bertz CT molecular complexity index is 1960. The molecule has 5 aromatic carbocycles. The second kappa shape index (κ2) is 11.0. The van der Waals surface area contributed by atoms with E-state index in [9.17, 15) is 4.79 Å². The minimum Gasteiger partial charge on any atom is -0.493 e. The molecular weight excluding hydrogens is 526 g/mol. The SMILES string of the molecule is COc1ccccc1Oc1cc(Cn2c(C(=O)Nc3ccc(N)cc3)cc3ccc(C(=N)N)cc32)c2ccccc2c1. The normalized spacial score (nSPS) is 11.0. The van der Waals surface area contributed by atoms with Gasteiger partial charge in [0.25, 0.3) is 5.91 Å². The molecule has 0 atom stereocenters. The lowest BCUT2D eigenvalue weighted by molar-refractivity contribution is 0.101. The molecule has 0 bridgehead atoms. The summed E-state index contributed by atoms with van der Waals surface area (Å²) in [7, 11) is 1.61. The summed E-state index contributed by atoms with van der Waals surface area (Å²) < 4.78 is 13.7. The maximum absolute atomic E-state index is 13.7. The van der Waals surface area contributed by atoms with Crippen LogP contribution in [0.4, 0.5) is 11.4 Å². The van der Waals surface area contributed by atoms with Gasteiger partial charge in [-0.25, -0.2) is 0 Å². The molecule has 42 heavy (non-hydrogen) atoms. The van der Waals surface area contributed by atoms with Gasteiger partial charge in [-0.15, -0.1) is 0 Å². The number of nitrogen functional groups attached to an aromatic ring is 2.